The van der Waals surface area contributed by atoms with Crippen molar-refractivity contribution < 1.29 is 14.6 Å². The molecule has 0 spiro atoms. The molecule has 0 unspecified atom stereocenters. The number of nitrogens with one attached hydrogen (secondary N) is 1. The second-order valence-corrected chi connectivity index (χ2v) is 7.79. The van der Waals surface area contributed by atoms with E-state index in [9.17, 15) is 4.79 Å². The monoisotopic (exact) mass is 426 g/mol. The molecule has 0 amide bonds. The van der Waals surface area contributed by atoms with E-state index in [4.69, 9.17) is 20.6 Å². The van der Waals surface area contributed by atoms with Gasteiger partial charge in [0, 0.05) is 19.5 Å². The number of benzene rings is 1. The standard InChI is InChI=1S/C22H30N6O3/c1-4-5-6-17-25-19-20(22(31-14(2)3)27-26-21(19)23)28(17)13-16-9-7-15(8-10-16)11-24-12-18(29)30/h7-10,14,24H,4-6,11-13H2,1-3H3,(H2,23,26)(H,29,30). The Hall–Kier alpha value is -3.20. The summed E-state index contributed by atoms with van der Waals surface area (Å²) in [6.45, 7) is 7.07. The molecule has 0 saturated carbocycles. The van der Waals surface area contributed by atoms with Gasteiger partial charge < -0.3 is 25.5 Å². The maximum absolute atomic E-state index is 10.7. The number of aliphatic carboxylic acids is 1. The molecule has 0 fully saturated rings. The highest BCUT2D eigenvalue weighted by Gasteiger charge is 2.20. The first-order valence-corrected chi connectivity index (χ1v) is 10.6. The van der Waals surface area contributed by atoms with E-state index >= 15 is 0 Å². The molecule has 0 atom stereocenters. The highest BCUT2D eigenvalue weighted by Crippen LogP contribution is 2.29. The number of nitrogen functional groups attached to an aromatic ring is 1. The summed E-state index contributed by atoms with van der Waals surface area (Å²) in [6, 6.07) is 8.06. The molecule has 2 aromatic heterocycles. The van der Waals surface area contributed by atoms with Gasteiger partial charge in [0.15, 0.2) is 5.82 Å². The van der Waals surface area contributed by atoms with Crippen molar-refractivity contribution in [3.05, 3.63) is 41.2 Å². The van der Waals surface area contributed by atoms with Crippen molar-refractivity contribution in [2.75, 3.05) is 12.3 Å². The lowest BCUT2D eigenvalue weighted by atomic mass is 10.1. The Labute approximate surface area is 181 Å². The van der Waals surface area contributed by atoms with E-state index in [2.05, 4.69) is 27.0 Å². The molecule has 0 aliphatic rings. The van der Waals surface area contributed by atoms with Gasteiger partial charge in [-0.25, -0.2) is 4.98 Å². The van der Waals surface area contributed by atoms with Crippen molar-refractivity contribution in [3.63, 3.8) is 0 Å². The van der Waals surface area contributed by atoms with Crippen molar-refractivity contribution in [2.45, 2.75) is 59.2 Å². The molecule has 9 nitrogen and oxygen atoms in total. The molecular weight excluding hydrogens is 396 g/mol. The van der Waals surface area contributed by atoms with Gasteiger partial charge in [-0.3, -0.25) is 4.79 Å². The predicted octanol–water partition coefficient (Wildman–Crippen LogP) is 2.76. The summed E-state index contributed by atoms with van der Waals surface area (Å²) >= 11 is 0. The summed E-state index contributed by atoms with van der Waals surface area (Å²) in [5.41, 5.74) is 9.58. The summed E-state index contributed by atoms with van der Waals surface area (Å²) in [6.07, 6.45) is 2.84. The first-order valence-electron chi connectivity index (χ1n) is 10.6. The molecule has 0 aliphatic carbocycles. The third-order valence-corrected chi connectivity index (χ3v) is 4.81. The number of imidazole rings is 1. The van der Waals surface area contributed by atoms with Crippen LogP contribution in [0.4, 0.5) is 5.82 Å². The Balaban J connectivity index is 1.93. The number of rotatable bonds is 11. The smallest absolute Gasteiger partial charge is 0.317 e. The first-order chi connectivity index (χ1) is 14.9. The number of anilines is 1. The Bertz CT molecular complexity index is 1030. The maximum Gasteiger partial charge on any atom is 0.317 e. The SMILES string of the molecule is CCCCc1nc2c(N)nnc(OC(C)C)c2n1Cc1ccc(CNCC(=O)O)cc1. The molecule has 0 radical (unpaired) electrons. The topological polar surface area (TPSA) is 128 Å². The average molecular weight is 427 g/mol. The van der Waals surface area contributed by atoms with Crippen molar-refractivity contribution in [2.24, 2.45) is 0 Å². The Kier molecular flexibility index (Phi) is 7.41. The van der Waals surface area contributed by atoms with Gasteiger partial charge in [-0.05, 0) is 31.4 Å². The van der Waals surface area contributed by atoms with Gasteiger partial charge in [-0.1, -0.05) is 37.6 Å². The molecule has 0 aliphatic heterocycles. The van der Waals surface area contributed by atoms with E-state index < -0.39 is 5.97 Å². The normalized spacial score (nSPS) is 11.4. The van der Waals surface area contributed by atoms with E-state index in [1.54, 1.807) is 0 Å². The van der Waals surface area contributed by atoms with Gasteiger partial charge in [-0.2, -0.15) is 0 Å². The summed E-state index contributed by atoms with van der Waals surface area (Å²) in [7, 11) is 0. The first kappa shape index (κ1) is 22.5. The number of hydrogen-bond acceptors (Lipinski definition) is 7. The minimum atomic E-state index is -0.870. The number of fused-ring (bicyclic) bond motifs is 1. The Morgan fingerprint density at radius 2 is 1.94 bits per heavy atom. The fourth-order valence-corrected chi connectivity index (χ4v) is 3.35. The van der Waals surface area contributed by atoms with Crippen LogP contribution in [0, 0.1) is 0 Å². The highest BCUT2D eigenvalue weighted by atomic mass is 16.5. The second-order valence-electron chi connectivity index (χ2n) is 7.79. The van der Waals surface area contributed by atoms with Crippen molar-refractivity contribution in [1.29, 1.82) is 0 Å². The zero-order chi connectivity index (χ0) is 22.4. The van der Waals surface area contributed by atoms with Crippen LogP contribution >= 0.6 is 0 Å². The summed E-state index contributed by atoms with van der Waals surface area (Å²) in [5.74, 6) is 0.788. The quantitative estimate of drug-likeness (QED) is 0.427. The van der Waals surface area contributed by atoms with E-state index in [-0.39, 0.29) is 12.6 Å². The number of carbonyl (C=O) groups is 1. The zero-order valence-electron chi connectivity index (χ0n) is 18.3. The minimum Gasteiger partial charge on any atom is -0.480 e. The lowest BCUT2D eigenvalue weighted by molar-refractivity contribution is -0.136. The molecule has 4 N–H and O–H groups in total. The third kappa shape index (κ3) is 5.69. The van der Waals surface area contributed by atoms with Gasteiger partial charge in [-0.15, -0.1) is 10.2 Å². The molecular formula is C22H30N6O3. The number of aromatic nitrogens is 4. The van der Waals surface area contributed by atoms with Crippen LogP contribution in [0.3, 0.4) is 0 Å². The molecule has 3 aromatic rings. The maximum atomic E-state index is 10.7. The number of aryl methyl sites for hydroxylation is 1. The molecule has 3 rings (SSSR count). The van der Waals surface area contributed by atoms with Gasteiger partial charge in [0.25, 0.3) is 5.88 Å². The van der Waals surface area contributed by atoms with Crippen molar-refractivity contribution in [3.8, 4) is 5.88 Å². The molecule has 2 heterocycles. The van der Waals surface area contributed by atoms with Crippen LogP contribution in [0.1, 0.15) is 50.6 Å². The second kappa shape index (κ2) is 10.2. The Morgan fingerprint density at radius 1 is 1.23 bits per heavy atom. The van der Waals surface area contributed by atoms with E-state index in [1.807, 2.05) is 38.1 Å². The molecule has 9 heteroatoms. The molecule has 0 saturated heterocycles. The van der Waals surface area contributed by atoms with Crippen molar-refractivity contribution >= 4 is 22.8 Å². The number of ether oxygens (including phenoxy) is 1. The molecule has 1 aromatic carbocycles. The number of unbranched alkanes of at least 4 members (excludes halogenated alkanes) is 1. The predicted molar refractivity (Wildman–Crippen MR) is 119 cm³/mol. The lowest BCUT2D eigenvalue weighted by Gasteiger charge is -2.14. The number of carboxylic acids is 1. The van der Waals surface area contributed by atoms with Crippen LogP contribution in [0.5, 0.6) is 5.88 Å². The molecule has 166 valence electrons. The van der Waals surface area contributed by atoms with Gasteiger partial charge in [0.2, 0.25) is 0 Å². The van der Waals surface area contributed by atoms with Gasteiger partial charge in [0.05, 0.1) is 12.6 Å². The van der Waals surface area contributed by atoms with Crippen molar-refractivity contribution in [1.82, 2.24) is 25.1 Å². The number of hydrogen-bond donors (Lipinski definition) is 3. The van der Waals surface area contributed by atoms with Crippen LogP contribution in [0.25, 0.3) is 11.0 Å². The van der Waals surface area contributed by atoms with Crippen LogP contribution in [0.2, 0.25) is 0 Å². The fraction of sp³-hybridized carbons (Fsp3) is 0.455. The number of nitrogens with two attached hydrogens (primary N) is 1. The zero-order valence-corrected chi connectivity index (χ0v) is 18.3. The van der Waals surface area contributed by atoms with Crippen LogP contribution in [-0.2, 0) is 24.3 Å². The van der Waals surface area contributed by atoms with Crippen LogP contribution in [-0.4, -0.2) is 43.5 Å². The minimum absolute atomic E-state index is 0.0545. The van der Waals surface area contributed by atoms with E-state index in [0.29, 0.717) is 30.3 Å². The van der Waals surface area contributed by atoms with Gasteiger partial charge >= 0.3 is 5.97 Å². The number of carboxylic acid groups (broad SMARTS) is 1. The van der Waals surface area contributed by atoms with Gasteiger partial charge in [0.1, 0.15) is 16.9 Å². The summed E-state index contributed by atoms with van der Waals surface area (Å²) in [5, 5.41) is 19.9. The Morgan fingerprint density at radius 3 is 2.58 bits per heavy atom. The van der Waals surface area contributed by atoms with E-state index in [1.165, 1.54) is 0 Å². The molecule has 0 bridgehead atoms. The van der Waals surface area contributed by atoms with Crippen LogP contribution in [0.15, 0.2) is 24.3 Å². The van der Waals surface area contributed by atoms with E-state index in [0.717, 1.165) is 41.7 Å². The summed E-state index contributed by atoms with van der Waals surface area (Å²) in [4.78, 5) is 15.4. The fourth-order valence-electron chi connectivity index (χ4n) is 3.35. The largest absolute Gasteiger partial charge is 0.480 e. The van der Waals surface area contributed by atoms with Crippen LogP contribution < -0.4 is 15.8 Å². The third-order valence-electron chi connectivity index (χ3n) is 4.81. The molecule has 31 heavy (non-hydrogen) atoms. The summed E-state index contributed by atoms with van der Waals surface area (Å²) < 4.78 is 8.03. The highest BCUT2D eigenvalue weighted by molar-refractivity contribution is 5.88. The average Bonchev–Trinajstić information content (AvgIpc) is 3.08. The lowest BCUT2D eigenvalue weighted by Crippen LogP contribution is -2.21. The number of nitrogens with zero attached hydrogens (tertiary/aromatic N) is 4.